The van der Waals surface area contributed by atoms with Gasteiger partial charge in [0.15, 0.2) is 17.5 Å². The summed E-state index contributed by atoms with van der Waals surface area (Å²) in [5.74, 6) is 4.22. The second-order valence-corrected chi connectivity index (χ2v) is 18.3. The molecule has 4 nitrogen and oxygen atoms in total. The molecule has 0 radical (unpaired) electrons. The minimum Gasteiger partial charge on any atom is -0.208 e. The van der Waals surface area contributed by atoms with Gasteiger partial charge < -0.3 is 0 Å². The summed E-state index contributed by atoms with van der Waals surface area (Å²) in [7, 11) is 0. The molecule has 3 unspecified atom stereocenters. The fraction of sp³-hybridized carbons (Fsp3) is 0.207. The first-order valence-corrected chi connectivity index (χ1v) is 22.2. The lowest BCUT2D eigenvalue weighted by molar-refractivity contribution is 0.0780. The van der Waals surface area contributed by atoms with Crippen molar-refractivity contribution >= 4 is 0 Å². The highest BCUT2D eigenvalue weighted by atomic mass is 15.0. The van der Waals surface area contributed by atoms with E-state index in [4.69, 9.17) is 15.0 Å². The van der Waals surface area contributed by atoms with Crippen molar-refractivity contribution < 1.29 is 0 Å². The summed E-state index contributed by atoms with van der Waals surface area (Å²) in [4.78, 5) is 15.7. The third-order valence-electron chi connectivity index (χ3n) is 14.2. The van der Waals surface area contributed by atoms with Crippen LogP contribution in [0.25, 0.3) is 56.4 Å². The van der Waals surface area contributed by atoms with E-state index in [0.717, 1.165) is 51.1 Å². The van der Waals surface area contributed by atoms with Crippen molar-refractivity contribution in [2.24, 2.45) is 17.8 Å². The van der Waals surface area contributed by atoms with E-state index >= 15 is 0 Å². The molecular weight excluding hydrogens is 753 g/mol. The molecule has 1 heterocycles. The van der Waals surface area contributed by atoms with Gasteiger partial charge in [-0.05, 0) is 117 Å². The Balaban J connectivity index is 1.09. The highest BCUT2D eigenvalue weighted by Gasteiger charge is 2.48. The van der Waals surface area contributed by atoms with Gasteiger partial charge in [0, 0.05) is 16.7 Å². The Labute approximate surface area is 365 Å². The molecule has 0 amide bonds. The van der Waals surface area contributed by atoms with E-state index in [1.54, 1.807) is 0 Å². The number of aromatic nitrogens is 3. The predicted octanol–water partition coefficient (Wildman–Crippen LogP) is 13.9. The molecule has 3 aliphatic carbocycles. The van der Waals surface area contributed by atoms with Crippen LogP contribution in [-0.4, -0.2) is 15.0 Å². The van der Waals surface area contributed by atoms with Crippen LogP contribution in [0.5, 0.6) is 0 Å². The molecule has 8 aromatic rings. The molecular formula is C58H48N4. The number of nitrogens with zero attached hydrogens (tertiary/aromatic N) is 4. The summed E-state index contributed by atoms with van der Waals surface area (Å²) in [6, 6.07) is 65.1. The number of benzene rings is 7. The van der Waals surface area contributed by atoms with Crippen molar-refractivity contribution in [3.63, 3.8) is 0 Å². The second-order valence-electron chi connectivity index (χ2n) is 18.3. The van der Waals surface area contributed by atoms with Crippen LogP contribution in [-0.2, 0) is 10.8 Å². The van der Waals surface area contributed by atoms with Gasteiger partial charge in [0.1, 0.15) is 0 Å². The number of hydrogen-bond donors (Lipinski definition) is 0. The Bertz CT molecular complexity index is 2970. The Morgan fingerprint density at radius 3 is 1.71 bits per heavy atom. The van der Waals surface area contributed by atoms with Crippen LogP contribution in [0.15, 0.2) is 176 Å². The van der Waals surface area contributed by atoms with Crippen LogP contribution in [0.2, 0.25) is 0 Å². The van der Waals surface area contributed by atoms with Gasteiger partial charge in [-0.3, -0.25) is 0 Å². The first-order valence-electron chi connectivity index (χ1n) is 22.2. The number of hydrogen-bond acceptors (Lipinski definition) is 4. The van der Waals surface area contributed by atoms with Gasteiger partial charge in [0.05, 0.1) is 17.0 Å². The Kier molecular flexibility index (Phi) is 9.31. The van der Waals surface area contributed by atoms with Crippen LogP contribution in [0.3, 0.4) is 0 Å². The predicted molar refractivity (Wildman–Crippen MR) is 250 cm³/mol. The summed E-state index contributed by atoms with van der Waals surface area (Å²) >= 11 is 0. The molecule has 2 fully saturated rings. The molecule has 7 aromatic carbocycles. The van der Waals surface area contributed by atoms with Crippen LogP contribution in [0.4, 0.5) is 0 Å². The lowest BCUT2D eigenvalue weighted by Gasteiger charge is -2.50. The van der Waals surface area contributed by atoms with Crippen molar-refractivity contribution in [1.82, 2.24) is 15.0 Å². The van der Waals surface area contributed by atoms with Gasteiger partial charge in [-0.1, -0.05) is 178 Å². The standard InChI is InChI=1S/C58H48N4/c1-38-31-41-32-39(2)35-57(34-38,36-41)46-27-29-48(30-28-46)58(47-17-7-4-8-18-47)51-21-10-9-19-49(51)53-50(20-12-22-52(53)58)56-61-54(43-14-5-3-6-15-43)60-55(62-56)44-25-23-42(24-26-44)45-16-11-13-40(33-45)37-59/h3-30,33,38-39,41H,31-32,34-36H2,1-2H3/t38-,39+,41?,57?,58?. The van der Waals surface area contributed by atoms with Gasteiger partial charge in [-0.25, -0.2) is 15.0 Å². The highest BCUT2D eigenvalue weighted by molar-refractivity contribution is 5.94. The van der Waals surface area contributed by atoms with Crippen molar-refractivity contribution in [2.75, 3.05) is 0 Å². The molecule has 4 heteroatoms. The van der Waals surface area contributed by atoms with E-state index in [0.29, 0.717) is 23.0 Å². The average Bonchev–Trinajstić information content (AvgIpc) is 3.63. The van der Waals surface area contributed by atoms with Crippen LogP contribution >= 0.6 is 0 Å². The third-order valence-corrected chi connectivity index (χ3v) is 14.2. The lowest BCUT2D eigenvalue weighted by atomic mass is 9.54. The van der Waals surface area contributed by atoms with Crippen molar-refractivity contribution in [2.45, 2.75) is 56.8 Å². The molecule has 300 valence electrons. The van der Waals surface area contributed by atoms with E-state index in [2.05, 4.69) is 153 Å². The van der Waals surface area contributed by atoms with Crippen molar-refractivity contribution in [1.29, 1.82) is 5.26 Å². The average molecular weight is 801 g/mol. The molecule has 5 atom stereocenters. The van der Waals surface area contributed by atoms with Crippen LogP contribution in [0.1, 0.15) is 79.3 Å². The molecule has 11 rings (SSSR count). The third kappa shape index (κ3) is 6.30. The first-order chi connectivity index (χ1) is 30.4. The van der Waals surface area contributed by atoms with Gasteiger partial charge in [-0.15, -0.1) is 0 Å². The molecule has 0 aliphatic heterocycles. The summed E-state index contributed by atoms with van der Waals surface area (Å²) in [6.07, 6.45) is 6.63. The smallest absolute Gasteiger partial charge is 0.164 e. The van der Waals surface area contributed by atoms with Crippen LogP contribution < -0.4 is 0 Å². The summed E-state index contributed by atoms with van der Waals surface area (Å²) in [5.41, 5.74) is 14.0. The number of rotatable bonds is 7. The molecule has 3 aliphatic rings. The minimum atomic E-state index is -0.557. The SMILES string of the molecule is C[C@@H]1CC2C[C@H](C)CC(c3ccc(C4(c5ccccc5)c5ccccc5-c5c(-c6nc(-c7ccccc7)nc(-c7ccc(-c8cccc(C#N)c8)cc7)n6)cccc54)cc3)(C2)C1. The molecule has 1 aromatic heterocycles. The molecule has 2 bridgehead atoms. The lowest BCUT2D eigenvalue weighted by Crippen LogP contribution is -2.42. The second kappa shape index (κ2) is 15.2. The minimum absolute atomic E-state index is 0.257. The Hall–Kier alpha value is -6.96. The van der Waals surface area contributed by atoms with E-state index in [1.807, 2.05) is 42.5 Å². The fourth-order valence-electron chi connectivity index (χ4n) is 12.0. The van der Waals surface area contributed by atoms with E-state index < -0.39 is 5.41 Å². The highest BCUT2D eigenvalue weighted by Crippen LogP contribution is 2.59. The van der Waals surface area contributed by atoms with E-state index in [9.17, 15) is 5.26 Å². The van der Waals surface area contributed by atoms with Gasteiger partial charge in [-0.2, -0.15) is 5.26 Å². The Morgan fingerprint density at radius 2 is 1.00 bits per heavy atom. The van der Waals surface area contributed by atoms with Crippen molar-refractivity contribution in [3.05, 3.63) is 209 Å². The zero-order valence-electron chi connectivity index (χ0n) is 35.3. The first kappa shape index (κ1) is 38.0. The topological polar surface area (TPSA) is 62.5 Å². The van der Waals surface area contributed by atoms with Gasteiger partial charge in [0.25, 0.3) is 0 Å². The molecule has 2 saturated carbocycles. The van der Waals surface area contributed by atoms with Gasteiger partial charge >= 0.3 is 0 Å². The summed E-state index contributed by atoms with van der Waals surface area (Å²) in [6.45, 7) is 4.96. The maximum Gasteiger partial charge on any atom is 0.164 e. The summed E-state index contributed by atoms with van der Waals surface area (Å²) < 4.78 is 0. The van der Waals surface area contributed by atoms with Gasteiger partial charge in [0.2, 0.25) is 0 Å². The Morgan fingerprint density at radius 1 is 0.468 bits per heavy atom. The number of fused-ring (bicyclic) bond motifs is 5. The molecule has 62 heavy (non-hydrogen) atoms. The normalized spacial score (nSPS) is 22.3. The zero-order valence-corrected chi connectivity index (χ0v) is 35.3. The number of nitriles is 1. The van der Waals surface area contributed by atoms with Crippen molar-refractivity contribution in [3.8, 4) is 62.5 Å². The zero-order chi connectivity index (χ0) is 41.8. The molecule has 0 saturated heterocycles. The fourth-order valence-corrected chi connectivity index (χ4v) is 12.0. The van der Waals surface area contributed by atoms with Crippen LogP contribution in [0, 0.1) is 29.1 Å². The monoisotopic (exact) mass is 800 g/mol. The molecule has 0 spiro atoms. The molecule has 0 N–H and O–H groups in total. The largest absolute Gasteiger partial charge is 0.208 e. The summed E-state index contributed by atoms with van der Waals surface area (Å²) in [5, 5.41) is 9.52. The maximum absolute atomic E-state index is 9.52. The van der Waals surface area contributed by atoms with E-state index in [1.165, 1.54) is 65.5 Å². The maximum atomic E-state index is 9.52. The van der Waals surface area contributed by atoms with E-state index in [-0.39, 0.29) is 5.41 Å². The quantitative estimate of drug-likeness (QED) is 0.161.